The maximum absolute atomic E-state index is 11.9. The number of nitrogens with two attached hydrogens (primary N) is 2. The molecule has 1 aromatic carbocycles. The van der Waals surface area contributed by atoms with Crippen molar-refractivity contribution in [2.24, 2.45) is 16.8 Å². The summed E-state index contributed by atoms with van der Waals surface area (Å²) in [4.78, 5) is 11.9. The topological polar surface area (TPSA) is 115 Å². The zero-order chi connectivity index (χ0) is 14.9. The van der Waals surface area contributed by atoms with Crippen LogP contribution in [0.4, 0.5) is 5.69 Å². The van der Waals surface area contributed by atoms with Crippen molar-refractivity contribution in [3.05, 3.63) is 23.8 Å². The SMILES string of the molecule is Cc1c(NC(=O)CC(N)C2CC2)cccc1S(N)(=O)=O. The van der Waals surface area contributed by atoms with Crippen LogP contribution in [0.15, 0.2) is 23.1 Å². The van der Waals surface area contributed by atoms with Crippen LogP contribution >= 0.6 is 0 Å². The Morgan fingerprint density at radius 2 is 2.10 bits per heavy atom. The Bertz CT molecular complexity index is 624. The molecule has 1 atom stereocenters. The molecule has 20 heavy (non-hydrogen) atoms. The molecule has 0 spiro atoms. The van der Waals surface area contributed by atoms with E-state index in [1.165, 1.54) is 6.07 Å². The van der Waals surface area contributed by atoms with Crippen LogP contribution in [0.5, 0.6) is 0 Å². The molecule has 0 bridgehead atoms. The lowest BCUT2D eigenvalue weighted by Crippen LogP contribution is -2.29. The van der Waals surface area contributed by atoms with Crippen molar-refractivity contribution in [3.8, 4) is 0 Å². The molecule has 0 aliphatic heterocycles. The second kappa shape index (κ2) is 5.51. The van der Waals surface area contributed by atoms with E-state index in [1.54, 1.807) is 19.1 Å². The molecule has 1 saturated carbocycles. The fourth-order valence-corrected chi connectivity index (χ4v) is 2.97. The van der Waals surface area contributed by atoms with Crippen molar-refractivity contribution in [2.45, 2.75) is 37.1 Å². The summed E-state index contributed by atoms with van der Waals surface area (Å²) < 4.78 is 22.8. The number of anilines is 1. The third-order valence-electron chi connectivity index (χ3n) is 3.51. The Balaban J connectivity index is 2.11. The highest BCUT2D eigenvalue weighted by Gasteiger charge is 2.29. The zero-order valence-corrected chi connectivity index (χ0v) is 12.1. The minimum Gasteiger partial charge on any atom is -0.327 e. The Kier molecular flexibility index (Phi) is 4.12. The summed E-state index contributed by atoms with van der Waals surface area (Å²) in [5, 5.41) is 7.82. The summed E-state index contributed by atoms with van der Waals surface area (Å²) in [5.41, 5.74) is 6.78. The zero-order valence-electron chi connectivity index (χ0n) is 11.3. The molecule has 0 saturated heterocycles. The van der Waals surface area contributed by atoms with E-state index in [4.69, 9.17) is 10.9 Å². The van der Waals surface area contributed by atoms with Gasteiger partial charge in [0, 0.05) is 18.2 Å². The number of rotatable bonds is 5. The van der Waals surface area contributed by atoms with E-state index in [1.807, 2.05) is 0 Å². The number of hydrogen-bond donors (Lipinski definition) is 3. The fourth-order valence-electron chi connectivity index (χ4n) is 2.16. The van der Waals surface area contributed by atoms with E-state index in [0.717, 1.165) is 12.8 Å². The quantitative estimate of drug-likeness (QED) is 0.742. The summed E-state index contributed by atoms with van der Waals surface area (Å²) in [6, 6.07) is 4.47. The molecule has 0 radical (unpaired) electrons. The van der Waals surface area contributed by atoms with E-state index in [0.29, 0.717) is 17.2 Å². The minimum atomic E-state index is -3.79. The summed E-state index contributed by atoms with van der Waals surface area (Å²) in [5.74, 6) is 0.233. The molecule has 1 aliphatic rings. The molecule has 7 heteroatoms. The van der Waals surface area contributed by atoms with Crippen LogP contribution in [0, 0.1) is 12.8 Å². The molecule has 1 amide bonds. The number of amides is 1. The van der Waals surface area contributed by atoms with Crippen LogP contribution in [0.2, 0.25) is 0 Å². The number of hydrogen-bond acceptors (Lipinski definition) is 4. The summed E-state index contributed by atoms with van der Waals surface area (Å²) >= 11 is 0. The first-order valence-corrected chi connectivity index (χ1v) is 8.01. The average molecular weight is 297 g/mol. The molecular weight excluding hydrogens is 278 g/mol. The van der Waals surface area contributed by atoms with Gasteiger partial charge in [0.2, 0.25) is 15.9 Å². The third kappa shape index (κ3) is 3.56. The maximum atomic E-state index is 11.9. The van der Waals surface area contributed by atoms with Crippen molar-refractivity contribution in [2.75, 3.05) is 5.32 Å². The largest absolute Gasteiger partial charge is 0.327 e. The highest BCUT2D eigenvalue weighted by molar-refractivity contribution is 7.89. The van der Waals surface area contributed by atoms with Gasteiger partial charge in [-0.05, 0) is 43.4 Å². The third-order valence-corrected chi connectivity index (χ3v) is 4.57. The van der Waals surface area contributed by atoms with Crippen molar-refractivity contribution in [3.63, 3.8) is 0 Å². The second-order valence-corrected chi connectivity index (χ2v) is 6.76. The Morgan fingerprint density at radius 3 is 2.65 bits per heavy atom. The smallest absolute Gasteiger partial charge is 0.238 e. The van der Waals surface area contributed by atoms with Gasteiger partial charge in [-0.1, -0.05) is 6.07 Å². The van der Waals surface area contributed by atoms with E-state index in [2.05, 4.69) is 5.32 Å². The van der Waals surface area contributed by atoms with Crippen LogP contribution in [0.25, 0.3) is 0 Å². The van der Waals surface area contributed by atoms with Gasteiger partial charge in [-0.25, -0.2) is 13.6 Å². The van der Waals surface area contributed by atoms with E-state index < -0.39 is 10.0 Å². The lowest BCUT2D eigenvalue weighted by Gasteiger charge is -2.13. The van der Waals surface area contributed by atoms with Gasteiger partial charge in [0.25, 0.3) is 0 Å². The van der Waals surface area contributed by atoms with Gasteiger partial charge >= 0.3 is 0 Å². The molecule has 110 valence electrons. The lowest BCUT2D eigenvalue weighted by molar-refractivity contribution is -0.116. The van der Waals surface area contributed by atoms with Crippen LogP contribution in [0.3, 0.4) is 0 Å². The first-order chi connectivity index (χ1) is 9.29. The molecule has 6 nitrogen and oxygen atoms in total. The number of carbonyl (C=O) groups is 1. The van der Waals surface area contributed by atoms with E-state index in [-0.39, 0.29) is 23.3 Å². The average Bonchev–Trinajstić information content (AvgIpc) is 3.14. The Hall–Kier alpha value is -1.44. The van der Waals surface area contributed by atoms with Gasteiger partial charge < -0.3 is 11.1 Å². The molecule has 1 fully saturated rings. The van der Waals surface area contributed by atoms with Crippen LogP contribution in [0.1, 0.15) is 24.8 Å². The first-order valence-electron chi connectivity index (χ1n) is 6.47. The van der Waals surface area contributed by atoms with Crippen molar-refractivity contribution in [1.82, 2.24) is 0 Å². The predicted octanol–water partition coefficient (Wildman–Crippen LogP) is 0.708. The normalized spacial score (nSPS) is 16.8. The molecule has 0 heterocycles. The summed E-state index contributed by atoms with van der Waals surface area (Å²) in [6.45, 7) is 1.61. The minimum absolute atomic E-state index is 0.0155. The van der Waals surface area contributed by atoms with Gasteiger partial charge in [0.15, 0.2) is 0 Å². The second-order valence-electron chi connectivity index (χ2n) is 5.23. The van der Waals surface area contributed by atoms with Crippen LogP contribution in [-0.4, -0.2) is 20.4 Å². The highest BCUT2D eigenvalue weighted by Crippen LogP contribution is 2.33. The number of carbonyl (C=O) groups excluding carboxylic acids is 1. The summed E-state index contributed by atoms with van der Waals surface area (Å²) in [7, 11) is -3.79. The van der Waals surface area contributed by atoms with Gasteiger partial charge in [-0.3, -0.25) is 4.79 Å². The Morgan fingerprint density at radius 1 is 1.45 bits per heavy atom. The highest BCUT2D eigenvalue weighted by atomic mass is 32.2. The maximum Gasteiger partial charge on any atom is 0.238 e. The van der Waals surface area contributed by atoms with E-state index >= 15 is 0 Å². The summed E-state index contributed by atoms with van der Waals surface area (Å²) in [6.07, 6.45) is 2.40. The number of primary sulfonamides is 1. The Labute approximate surface area is 118 Å². The molecule has 1 aliphatic carbocycles. The van der Waals surface area contributed by atoms with Crippen molar-refractivity contribution < 1.29 is 13.2 Å². The van der Waals surface area contributed by atoms with Gasteiger partial charge in [-0.2, -0.15) is 0 Å². The van der Waals surface area contributed by atoms with Crippen molar-refractivity contribution in [1.29, 1.82) is 0 Å². The number of sulfonamides is 1. The van der Waals surface area contributed by atoms with Gasteiger partial charge in [0.1, 0.15) is 0 Å². The fraction of sp³-hybridized carbons (Fsp3) is 0.462. The molecule has 5 N–H and O–H groups in total. The lowest BCUT2D eigenvalue weighted by atomic mass is 10.1. The standard InChI is InChI=1S/C13H19N3O3S/c1-8-11(3-2-4-12(8)20(15,18)19)16-13(17)7-10(14)9-5-6-9/h2-4,9-10H,5-7,14H2,1H3,(H,16,17)(H2,15,18,19). The monoisotopic (exact) mass is 297 g/mol. The first kappa shape index (κ1) is 15.0. The van der Waals surface area contributed by atoms with Crippen LogP contribution in [-0.2, 0) is 14.8 Å². The van der Waals surface area contributed by atoms with Crippen LogP contribution < -0.4 is 16.2 Å². The molecule has 1 aromatic rings. The molecule has 0 aromatic heterocycles. The number of nitrogens with one attached hydrogen (secondary N) is 1. The van der Waals surface area contributed by atoms with Gasteiger partial charge in [0.05, 0.1) is 4.90 Å². The molecular formula is C13H19N3O3S. The number of benzene rings is 1. The van der Waals surface area contributed by atoms with Crippen molar-refractivity contribution >= 4 is 21.6 Å². The van der Waals surface area contributed by atoms with Gasteiger partial charge in [-0.15, -0.1) is 0 Å². The predicted molar refractivity (Wildman–Crippen MR) is 76.5 cm³/mol. The molecule has 2 rings (SSSR count). The van der Waals surface area contributed by atoms with E-state index in [9.17, 15) is 13.2 Å². The molecule has 1 unspecified atom stereocenters.